The average molecular weight is 317 g/mol. The molecule has 2 N–H and O–H groups in total. The van der Waals surface area contributed by atoms with Gasteiger partial charge >= 0.3 is 0 Å². The fourth-order valence-corrected chi connectivity index (χ4v) is 4.58. The van der Waals surface area contributed by atoms with Crippen LogP contribution in [0.15, 0.2) is 0 Å². The normalized spacial score (nSPS) is 40.7. The summed E-state index contributed by atoms with van der Waals surface area (Å²) in [5.41, 5.74) is 0. The summed E-state index contributed by atoms with van der Waals surface area (Å²) < 4.78 is 5.67. The molecule has 2 aliphatic carbocycles. The SMILES string of the molecule is CCC1CCC(NC2CCCC2C2COCCN2)CC1.Cl. The van der Waals surface area contributed by atoms with Crippen LogP contribution in [-0.2, 0) is 4.74 Å². The van der Waals surface area contributed by atoms with E-state index in [0.717, 1.165) is 43.7 Å². The van der Waals surface area contributed by atoms with E-state index in [2.05, 4.69) is 17.6 Å². The summed E-state index contributed by atoms with van der Waals surface area (Å²) in [6, 6.07) is 2.11. The van der Waals surface area contributed by atoms with Crippen LogP contribution in [0.25, 0.3) is 0 Å². The standard InChI is InChI=1S/C17H32N2O.ClH/c1-2-13-6-8-14(9-7-13)19-16-5-3-4-15(16)17-12-20-11-10-18-17;/h13-19H,2-12H2,1H3;1H. The molecule has 0 aromatic rings. The molecule has 0 bridgehead atoms. The molecule has 3 atom stereocenters. The first-order valence-corrected chi connectivity index (χ1v) is 8.94. The highest BCUT2D eigenvalue weighted by atomic mass is 35.5. The molecule has 1 aliphatic heterocycles. The van der Waals surface area contributed by atoms with E-state index in [-0.39, 0.29) is 12.4 Å². The van der Waals surface area contributed by atoms with Gasteiger partial charge in [-0.3, -0.25) is 0 Å². The van der Waals surface area contributed by atoms with Crippen LogP contribution in [-0.4, -0.2) is 37.9 Å². The second kappa shape index (κ2) is 8.71. The molecule has 0 aromatic heterocycles. The zero-order valence-corrected chi connectivity index (χ0v) is 14.3. The number of hydrogen-bond acceptors (Lipinski definition) is 3. The first kappa shape index (κ1) is 17.5. The number of halogens is 1. The maximum atomic E-state index is 5.67. The van der Waals surface area contributed by atoms with Crippen molar-refractivity contribution < 1.29 is 4.74 Å². The fourth-order valence-electron chi connectivity index (χ4n) is 4.58. The van der Waals surface area contributed by atoms with Crippen molar-refractivity contribution in [1.82, 2.24) is 10.6 Å². The topological polar surface area (TPSA) is 33.3 Å². The van der Waals surface area contributed by atoms with Crippen LogP contribution in [0.3, 0.4) is 0 Å². The highest BCUT2D eigenvalue weighted by Gasteiger charge is 2.36. The lowest BCUT2D eigenvalue weighted by Gasteiger charge is -2.36. The Balaban J connectivity index is 0.00000161. The van der Waals surface area contributed by atoms with Crippen LogP contribution in [0.5, 0.6) is 0 Å². The third-order valence-electron chi connectivity index (χ3n) is 5.91. The van der Waals surface area contributed by atoms with Gasteiger partial charge < -0.3 is 15.4 Å². The van der Waals surface area contributed by atoms with E-state index in [1.165, 1.54) is 51.4 Å². The van der Waals surface area contributed by atoms with Gasteiger partial charge in [0.25, 0.3) is 0 Å². The largest absolute Gasteiger partial charge is 0.379 e. The highest BCUT2D eigenvalue weighted by Crippen LogP contribution is 2.32. The Labute approximate surface area is 136 Å². The Bertz CT molecular complexity index is 289. The predicted molar refractivity (Wildman–Crippen MR) is 90.2 cm³/mol. The summed E-state index contributed by atoms with van der Waals surface area (Å²) in [7, 11) is 0. The summed E-state index contributed by atoms with van der Waals surface area (Å²) in [4.78, 5) is 0. The summed E-state index contributed by atoms with van der Waals surface area (Å²) in [5, 5.41) is 7.69. The number of hydrogen-bond donors (Lipinski definition) is 2. The molecule has 4 heteroatoms. The van der Waals surface area contributed by atoms with Gasteiger partial charge in [-0.1, -0.05) is 19.8 Å². The maximum Gasteiger partial charge on any atom is 0.0623 e. The summed E-state index contributed by atoms with van der Waals surface area (Å²) in [5.74, 6) is 1.79. The van der Waals surface area contributed by atoms with Crippen LogP contribution >= 0.6 is 12.4 Å². The highest BCUT2D eigenvalue weighted by molar-refractivity contribution is 5.85. The lowest BCUT2D eigenvalue weighted by Crippen LogP contribution is -2.52. The third-order valence-corrected chi connectivity index (χ3v) is 5.91. The minimum atomic E-state index is 0. The van der Waals surface area contributed by atoms with E-state index >= 15 is 0 Å². The van der Waals surface area contributed by atoms with Crippen LogP contribution in [0, 0.1) is 11.8 Å². The smallest absolute Gasteiger partial charge is 0.0623 e. The quantitative estimate of drug-likeness (QED) is 0.836. The van der Waals surface area contributed by atoms with Gasteiger partial charge in [-0.05, 0) is 50.4 Å². The van der Waals surface area contributed by atoms with Crippen molar-refractivity contribution in [2.24, 2.45) is 11.8 Å². The molecular formula is C17H33ClN2O. The second-order valence-corrected chi connectivity index (χ2v) is 7.13. The number of rotatable bonds is 4. The van der Waals surface area contributed by atoms with Crippen molar-refractivity contribution in [3.8, 4) is 0 Å². The van der Waals surface area contributed by atoms with E-state index in [9.17, 15) is 0 Å². The van der Waals surface area contributed by atoms with Crippen LogP contribution < -0.4 is 10.6 Å². The molecule has 2 saturated carbocycles. The molecule has 0 spiro atoms. The summed E-state index contributed by atoms with van der Waals surface area (Å²) in [6.45, 7) is 5.20. The van der Waals surface area contributed by atoms with Gasteiger partial charge in [-0.2, -0.15) is 0 Å². The molecule has 21 heavy (non-hydrogen) atoms. The number of ether oxygens (including phenoxy) is 1. The molecule has 3 rings (SSSR count). The monoisotopic (exact) mass is 316 g/mol. The Morgan fingerprint density at radius 1 is 1.10 bits per heavy atom. The van der Waals surface area contributed by atoms with E-state index in [1.54, 1.807) is 0 Å². The number of morpholine rings is 1. The number of nitrogens with one attached hydrogen (secondary N) is 2. The van der Waals surface area contributed by atoms with Crippen molar-refractivity contribution in [1.29, 1.82) is 0 Å². The van der Waals surface area contributed by atoms with Crippen LogP contribution in [0.2, 0.25) is 0 Å². The zero-order chi connectivity index (χ0) is 13.8. The molecule has 3 unspecified atom stereocenters. The average Bonchev–Trinajstić information content (AvgIpc) is 2.97. The van der Waals surface area contributed by atoms with Gasteiger partial charge in [0.15, 0.2) is 0 Å². The summed E-state index contributed by atoms with van der Waals surface area (Å²) in [6.07, 6.45) is 11.2. The van der Waals surface area contributed by atoms with Gasteiger partial charge in [-0.15, -0.1) is 12.4 Å². The molecule has 3 fully saturated rings. The van der Waals surface area contributed by atoms with Crippen LogP contribution in [0.4, 0.5) is 0 Å². The van der Waals surface area contributed by atoms with Gasteiger partial charge in [0.05, 0.1) is 13.2 Å². The molecular weight excluding hydrogens is 284 g/mol. The fraction of sp³-hybridized carbons (Fsp3) is 1.00. The molecule has 1 saturated heterocycles. The van der Waals surface area contributed by atoms with Crippen LogP contribution in [0.1, 0.15) is 58.3 Å². The lowest BCUT2D eigenvalue weighted by molar-refractivity contribution is 0.0510. The van der Waals surface area contributed by atoms with Gasteiger partial charge in [0.2, 0.25) is 0 Å². The zero-order valence-electron chi connectivity index (χ0n) is 13.5. The van der Waals surface area contributed by atoms with Crippen molar-refractivity contribution >= 4 is 12.4 Å². The molecule has 3 nitrogen and oxygen atoms in total. The third kappa shape index (κ3) is 4.57. The van der Waals surface area contributed by atoms with E-state index in [4.69, 9.17) is 4.74 Å². The second-order valence-electron chi connectivity index (χ2n) is 7.13. The molecule has 3 aliphatic rings. The molecule has 0 amide bonds. The van der Waals surface area contributed by atoms with Crippen molar-refractivity contribution in [3.05, 3.63) is 0 Å². The predicted octanol–water partition coefficient (Wildman–Crippen LogP) is 3.12. The van der Waals surface area contributed by atoms with Crippen molar-refractivity contribution in [2.45, 2.75) is 76.4 Å². The van der Waals surface area contributed by atoms with E-state index < -0.39 is 0 Å². The van der Waals surface area contributed by atoms with E-state index in [0.29, 0.717) is 6.04 Å². The molecule has 124 valence electrons. The molecule has 0 aromatic carbocycles. The minimum absolute atomic E-state index is 0. The van der Waals surface area contributed by atoms with Crippen molar-refractivity contribution in [2.75, 3.05) is 19.8 Å². The first-order valence-electron chi connectivity index (χ1n) is 8.94. The van der Waals surface area contributed by atoms with E-state index in [1.807, 2.05) is 0 Å². The van der Waals surface area contributed by atoms with Crippen molar-refractivity contribution in [3.63, 3.8) is 0 Å². The van der Waals surface area contributed by atoms with Gasteiger partial charge in [0, 0.05) is 24.7 Å². The Hall–Kier alpha value is 0.170. The molecule has 0 radical (unpaired) electrons. The molecule has 1 heterocycles. The minimum Gasteiger partial charge on any atom is -0.379 e. The van der Waals surface area contributed by atoms with Gasteiger partial charge in [-0.25, -0.2) is 0 Å². The first-order chi connectivity index (χ1) is 9.86. The Morgan fingerprint density at radius 2 is 1.90 bits per heavy atom. The Morgan fingerprint density at radius 3 is 2.57 bits per heavy atom. The van der Waals surface area contributed by atoms with Gasteiger partial charge in [0.1, 0.15) is 0 Å². The Kier molecular flexibility index (Phi) is 7.27. The summed E-state index contributed by atoms with van der Waals surface area (Å²) >= 11 is 0. The maximum absolute atomic E-state index is 5.67. The lowest BCUT2D eigenvalue weighted by atomic mass is 9.83.